The standard InChI is InChI=1S/C14H16Cl2O5/c1-21-13-9(15)7-8(12(16)11(13)14(19)20)5-3-2-4-6-10(17)18/h7H,2-6H2,1H3,(H,17,18)(H,19,20). The van der Waals surface area contributed by atoms with Crippen molar-refractivity contribution in [2.45, 2.75) is 32.1 Å². The first-order chi connectivity index (χ1) is 9.88. The van der Waals surface area contributed by atoms with Gasteiger partial charge >= 0.3 is 11.9 Å². The molecule has 1 rings (SSSR count). The van der Waals surface area contributed by atoms with Crippen LogP contribution in [0.25, 0.3) is 0 Å². The van der Waals surface area contributed by atoms with Gasteiger partial charge in [0.1, 0.15) is 5.56 Å². The van der Waals surface area contributed by atoms with Crippen LogP contribution < -0.4 is 4.74 Å². The minimum absolute atomic E-state index is 0.0452. The number of benzene rings is 1. The molecule has 116 valence electrons. The molecule has 0 amide bonds. The molecule has 21 heavy (non-hydrogen) atoms. The summed E-state index contributed by atoms with van der Waals surface area (Å²) >= 11 is 12.1. The van der Waals surface area contributed by atoms with Crippen LogP contribution in [0.5, 0.6) is 5.75 Å². The lowest BCUT2D eigenvalue weighted by Crippen LogP contribution is -2.05. The van der Waals surface area contributed by atoms with E-state index in [2.05, 4.69) is 0 Å². The molecule has 0 bridgehead atoms. The van der Waals surface area contributed by atoms with Crippen molar-refractivity contribution in [3.8, 4) is 5.75 Å². The molecule has 0 aliphatic heterocycles. The second-order valence-electron chi connectivity index (χ2n) is 4.50. The van der Waals surface area contributed by atoms with Gasteiger partial charge in [0.15, 0.2) is 5.75 Å². The average Bonchev–Trinajstić information content (AvgIpc) is 2.40. The SMILES string of the molecule is COc1c(Cl)cc(CCCCCC(=O)O)c(Cl)c1C(=O)O. The molecule has 7 heteroatoms. The summed E-state index contributed by atoms with van der Waals surface area (Å²) in [5.74, 6) is -1.98. The lowest BCUT2D eigenvalue weighted by atomic mass is 10.0. The van der Waals surface area contributed by atoms with Crippen molar-refractivity contribution < 1.29 is 24.5 Å². The second-order valence-corrected chi connectivity index (χ2v) is 5.28. The van der Waals surface area contributed by atoms with Gasteiger partial charge in [-0.05, 0) is 30.9 Å². The summed E-state index contributed by atoms with van der Waals surface area (Å²) in [4.78, 5) is 21.7. The number of aliphatic carboxylic acids is 1. The molecule has 1 aromatic rings. The van der Waals surface area contributed by atoms with Gasteiger partial charge in [-0.15, -0.1) is 0 Å². The zero-order chi connectivity index (χ0) is 16.0. The topological polar surface area (TPSA) is 83.8 Å². The van der Waals surface area contributed by atoms with Gasteiger partial charge in [-0.25, -0.2) is 4.79 Å². The van der Waals surface area contributed by atoms with E-state index in [1.165, 1.54) is 7.11 Å². The molecule has 0 saturated heterocycles. The van der Waals surface area contributed by atoms with Crippen LogP contribution in [-0.2, 0) is 11.2 Å². The first-order valence-electron chi connectivity index (χ1n) is 6.38. The van der Waals surface area contributed by atoms with Gasteiger partial charge in [0.2, 0.25) is 0 Å². The monoisotopic (exact) mass is 334 g/mol. The molecular formula is C14H16Cl2O5. The van der Waals surface area contributed by atoms with Crippen LogP contribution in [0.2, 0.25) is 10.0 Å². The van der Waals surface area contributed by atoms with Crippen LogP contribution in [0.3, 0.4) is 0 Å². The van der Waals surface area contributed by atoms with Crippen LogP contribution >= 0.6 is 23.2 Å². The van der Waals surface area contributed by atoms with Gasteiger partial charge in [0, 0.05) is 6.42 Å². The van der Waals surface area contributed by atoms with Gasteiger partial charge in [-0.2, -0.15) is 0 Å². The summed E-state index contributed by atoms with van der Waals surface area (Å²) in [5, 5.41) is 18.1. The van der Waals surface area contributed by atoms with Crippen LogP contribution in [-0.4, -0.2) is 29.3 Å². The molecule has 1 aromatic carbocycles. The number of methoxy groups -OCH3 is 1. The lowest BCUT2D eigenvalue weighted by molar-refractivity contribution is -0.137. The Balaban J connectivity index is 2.84. The Kier molecular flexibility index (Phi) is 6.78. The molecule has 0 fully saturated rings. The molecule has 0 atom stereocenters. The molecule has 2 N–H and O–H groups in total. The molecule has 5 nitrogen and oxygen atoms in total. The molecule has 0 saturated carbocycles. The second kappa shape index (κ2) is 8.10. The Hall–Kier alpha value is -1.46. The van der Waals surface area contributed by atoms with E-state index in [1.54, 1.807) is 6.07 Å². The lowest BCUT2D eigenvalue weighted by Gasteiger charge is -2.13. The number of aromatic carboxylic acids is 1. The molecule has 0 unspecified atom stereocenters. The maximum atomic E-state index is 11.3. The van der Waals surface area contributed by atoms with Crippen LogP contribution in [0.1, 0.15) is 41.6 Å². The predicted octanol–water partition coefficient (Wildman–Crippen LogP) is 3.89. The van der Waals surface area contributed by atoms with E-state index in [1.807, 2.05) is 0 Å². The van der Waals surface area contributed by atoms with Crippen molar-refractivity contribution in [1.29, 1.82) is 0 Å². The number of hydrogen-bond donors (Lipinski definition) is 2. The van der Waals surface area contributed by atoms with Crippen molar-refractivity contribution in [2.24, 2.45) is 0 Å². The van der Waals surface area contributed by atoms with Crippen molar-refractivity contribution in [1.82, 2.24) is 0 Å². The molecule has 0 spiro atoms. The Labute approximate surface area is 132 Å². The summed E-state index contributed by atoms with van der Waals surface area (Å²) in [6.45, 7) is 0. The van der Waals surface area contributed by atoms with E-state index in [-0.39, 0.29) is 27.8 Å². The van der Waals surface area contributed by atoms with E-state index in [0.29, 0.717) is 31.2 Å². The number of carbonyl (C=O) groups is 2. The zero-order valence-corrected chi connectivity index (χ0v) is 13.0. The molecular weight excluding hydrogens is 319 g/mol. The summed E-state index contributed by atoms with van der Waals surface area (Å²) in [7, 11) is 1.33. The number of unbranched alkanes of at least 4 members (excludes halogenated alkanes) is 2. The minimum Gasteiger partial charge on any atom is -0.494 e. The van der Waals surface area contributed by atoms with Crippen molar-refractivity contribution in [3.05, 3.63) is 27.2 Å². The fraction of sp³-hybridized carbons (Fsp3) is 0.429. The predicted molar refractivity (Wildman–Crippen MR) is 79.8 cm³/mol. The number of ether oxygens (including phenoxy) is 1. The van der Waals surface area contributed by atoms with Crippen LogP contribution in [0.4, 0.5) is 0 Å². The normalized spacial score (nSPS) is 10.4. The van der Waals surface area contributed by atoms with E-state index in [0.717, 1.165) is 0 Å². The molecule has 0 aliphatic carbocycles. The first kappa shape index (κ1) is 17.6. The highest BCUT2D eigenvalue weighted by Gasteiger charge is 2.22. The Morgan fingerprint density at radius 2 is 1.86 bits per heavy atom. The molecule has 0 aromatic heterocycles. The summed E-state index contributed by atoms with van der Waals surface area (Å²) in [6, 6.07) is 1.59. The van der Waals surface area contributed by atoms with Crippen LogP contribution in [0.15, 0.2) is 6.07 Å². The van der Waals surface area contributed by atoms with E-state index >= 15 is 0 Å². The summed E-state index contributed by atoms with van der Waals surface area (Å²) in [5.41, 5.74) is 0.474. The quantitative estimate of drug-likeness (QED) is 0.704. The summed E-state index contributed by atoms with van der Waals surface area (Å²) in [6.07, 6.45) is 2.64. The number of carboxylic acid groups (broad SMARTS) is 2. The third kappa shape index (κ3) is 4.79. The number of hydrogen-bond acceptors (Lipinski definition) is 3. The smallest absolute Gasteiger partial charge is 0.341 e. The number of halogens is 2. The fourth-order valence-electron chi connectivity index (χ4n) is 2.00. The van der Waals surface area contributed by atoms with Crippen molar-refractivity contribution >= 4 is 35.1 Å². The van der Waals surface area contributed by atoms with Crippen molar-refractivity contribution in [2.75, 3.05) is 7.11 Å². The number of aryl methyl sites for hydroxylation is 1. The fourth-order valence-corrected chi connectivity index (χ4v) is 2.62. The highest BCUT2D eigenvalue weighted by atomic mass is 35.5. The first-order valence-corrected chi connectivity index (χ1v) is 7.14. The van der Waals surface area contributed by atoms with Crippen molar-refractivity contribution in [3.63, 3.8) is 0 Å². The molecule has 0 aliphatic rings. The van der Waals surface area contributed by atoms with Gasteiger partial charge < -0.3 is 14.9 Å². The third-order valence-corrected chi connectivity index (χ3v) is 3.71. The Morgan fingerprint density at radius 3 is 2.38 bits per heavy atom. The highest BCUT2D eigenvalue weighted by Crippen LogP contribution is 2.37. The van der Waals surface area contributed by atoms with Gasteiger partial charge in [-0.1, -0.05) is 29.6 Å². The van der Waals surface area contributed by atoms with Crippen LogP contribution in [0, 0.1) is 0 Å². The Bertz CT molecular complexity index is 543. The Morgan fingerprint density at radius 1 is 1.19 bits per heavy atom. The molecule has 0 heterocycles. The van der Waals surface area contributed by atoms with E-state index in [4.69, 9.17) is 33.0 Å². The molecule has 0 radical (unpaired) electrons. The summed E-state index contributed by atoms with van der Waals surface area (Å²) < 4.78 is 4.98. The van der Waals surface area contributed by atoms with Gasteiger partial charge in [0.25, 0.3) is 0 Å². The van der Waals surface area contributed by atoms with E-state index < -0.39 is 11.9 Å². The zero-order valence-electron chi connectivity index (χ0n) is 11.5. The maximum absolute atomic E-state index is 11.3. The minimum atomic E-state index is -1.20. The van der Waals surface area contributed by atoms with Gasteiger partial charge in [-0.3, -0.25) is 4.79 Å². The third-order valence-electron chi connectivity index (χ3n) is 3.00. The maximum Gasteiger partial charge on any atom is 0.341 e. The van der Waals surface area contributed by atoms with E-state index in [9.17, 15) is 14.7 Å². The number of rotatable bonds is 8. The largest absolute Gasteiger partial charge is 0.494 e. The van der Waals surface area contributed by atoms with Gasteiger partial charge in [0.05, 0.1) is 17.2 Å². The number of carboxylic acids is 2. The average molecular weight is 335 g/mol. The highest BCUT2D eigenvalue weighted by molar-refractivity contribution is 6.37.